The first-order valence-corrected chi connectivity index (χ1v) is 6.66. The number of rotatable bonds is 6. The van der Waals surface area contributed by atoms with Crippen molar-refractivity contribution in [3.63, 3.8) is 0 Å². The summed E-state index contributed by atoms with van der Waals surface area (Å²) < 4.78 is 68.2. The Bertz CT molecular complexity index is 696. The summed E-state index contributed by atoms with van der Waals surface area (Å²) in [6.45, 7) is -0.498. The molecule has 0 aliphatic heterocycles. The molecule has 1 aromatic carbocycles. The van der Waals surface area contributed by atoms with E-state index in [1.165, 1.54) is 6.07 Å². The van der Waals surface area contributed by atoms with Gasteiger partial charge in [0, 0.05) is 18.8 Å². The van der Waals surface area contributed by atoms with Crippen LogP contribution in [0.4, 0.5) is 27.9 Å². The lowest BCUT2D eigenvalue weighted by atomic mass is 10.3. The fourth-order valence-electron chi connectivity index (χ4n) is 1.63. The molecule has 24 heavy (non-hydrogen) atoms. The van der Waals surface area contributed by atoms with Crippen LogP contribution in [0, 0.1) is 11.6 Å². The maximum Gasteiger partial charge on any atom is 0.433 e. The van der Waals surface area contributed by atoms with Gasteiger partial charge in [-0.1, -0.05) is 0 Å². The van der Waals surface area contributed by atoms with Gasteiger partial charge in [0.1, 0.15) is 24.2 Å². The normalized spacial score (nSPS) is 12.8. The lowest BCUT2D eigenvalue weighted by Gasteiger charge is -2.14. The Labute approximate surface area is 133 Å². The van der Waals surface area contributed by atoms with Crippen LogP contribution in [0.2, 0.25) is 0 Å². The highest BCUT2D eigenvalue weighted by Crippen LogP contribution is 2.27. The Morgan fingerprint density at radius 3 is 2.58 bits per heavy atom. The summed E-state index contributed by atoms with van der Waals surface area (Å²) in [5.74, 6) is -2.44. The first-order valence-electron chi connectivity index (χ1n) is 6.66. The lowest BCUT2D eigenvalue weighted by Crippen LogP contribution is -2.27. The molecule has 2 N–H and O–H groups in total. The van der Waals surface area contributed by atoms with Gasteiger partial charge in [0.05, 0.1) is 0 Å². The summed E-state index contributed by atoms with van der Waals surface area (Å²) in [6, 6.07) is 3.57. The predicted molar refractivity (Wildman–Crippen MR) is 73.4 cm³/mol. The number of benzene rings is 1. The van der Waals surface area contributed by atoms with Gasteiger partial charge in [-0.25, -0.2) is 18.7 Å². The van der Waals surface area contributed by atoms with Gasteiger partial charge in [0.15, 0.2) is 11.6 Å². The number of aromatic nitrogens is 2. The highest BCUT2D eigenvalue weighted by atomic mass is 19.4. The molecule has 0 fully saturated rings. The van der Waals surface area contributed by atoms with Gasteiger partial charge in [0.2, 0.25) is 5.95 Å². The zero-order valence-corrected chi connectivity index (χ0v) is 12.0. The number of alkyl halides is 3. The number of hydrogen-bond acceptors (Lipinski definition) is 5. The summed E-state index contributed by atoms with van der Waals surface area (Å²) in [6.07, 6.45) is -4.81. The highest BCUT2D eigenvalue weighted by Gasteiger charge is 2.32. The summed E-state index contributed by atoms with van der Waals surface area (Å²) >= 11 is 0. The Hall–Kier alpha value is -2.49. The first kappa shape index (κ1) is 17.9. The second-order valence-corrected chi connectivity index (χ2v) is 4.68. The number of halogens is 5. The zero-order valence-electron chi connectivity index (χ0n) is 12.0. The van der Waals surface area contributed by atoms with Crippen LogP contribution in [0.3, 0.4) is 0 Å². The SMILES string of the molecule is O[C@H](CNc1nccc(C(F)(F)F)n1)COc1ccc(F)c(F)c1. The van der Waals surface area contributed by atoms with Crippen LogP contribution >= 0.6 is 0 Å². The van der Waals surface area contributed by atoms with Crippen molar-refractivity contribution in [3.8, 4) is 5.75 Å². The molecule has 2 rings (SSSR count). The Morgan fingerprint density at radius 2 is 1.92 bits per heavy atom. The molecular weight excluding hydrogens is 337 g/mol. The minimum atomic E-state index is -4.60. The number of aliphatic hydroxyl groups excluding tert-OH is 1. The third-order valence-electron chi connectivity index (χ3n) is 2.78. The Balaban J connectivity index is 1.85. The third-order valence-corrected chi connectivity index (χ3v) is 2.78. The van der Waals surface area contributed by atoms with Crippen molar-refractivity contribution in [1.82, 2.24) is 9.97 Å². The van der Waals surface area contributed by atoms with Crippen LogP contribution in [0.1, 0.15) is 5.69 Å². The van der Waals surface area contributed by atoms with Crippen LogP contribution < -0.4 is 10.1 Å². The molecule has 0 bridgehead atoms. The van der Waals surface area contributed by atoms with Crippen molar-refractivity contribution in [2.75, 3.05) is 18.5 Å². The Morgan fingerprint density at radius 1 is 1.17 bits per heavy atom. The number of anilines is 1. The van der Waals surface area contributed by atoms with Gasteiger partial charge in [-0.3, -0.25) is 0 Å². The Kier molecular flexibility index (Phi) is 5.50. The monoisotopic (exact) mass is 349 g/mol. The van der Waals surface area contributed by atoms with Gasteiger partial charge in [-0.05, 0) is 18.2 Å². The summed E-state index contributed by atoms with van der Waals surface area (Å²) in [7, 11) is 0. The molecule has 1 atom stereocenters. The van der Waals surface area contributed by atoms with E-state index >= 15 is 0 Å². The summed E-state index contributed by atoms with van der Waals surface area (Å²) in [4.78, 5) is 6.86. The number of nitrogens with one attached hydrogen (secondary N) is 1. The molecule has 2 aromatic rings. The number of ether oxygens (including phenoxy) is 1. The zero-order chi connectivity index (χ0) is 17.7. The molecule has 1 heterocycles. The second-order valence-electron chi connectivity index (χ2n) is 4.68. The molecule has 1 aromatic heterocycles. The van der Waals surface area contributed by atoms with Crippen molar-refractivity contribution in [3.05, 3.63) is 47.8 Å². The molecule has 0 aliphatic rings. The molecular formula is C14H12F5N3O2. The van der Waals surface area contributed by atoms with Crippen LogP contribution in [0.5, 0.6) is 5.75 Å². The van der Waals surface area contributed by atoms with Crippen molar-refractivity contribution >= 4 is 5.95 Å². The molecule has 0 unspecified atom stereocenters. The van der Waals surface area contributed by atoms with Crippen molar-refractivity contribution in [2.24, 2.45) is 0 Å². The number of aliphatic hydroxyl groups is 1. The molecule has 130 valence electrons. The van der Waals surface area contributed by atoms with Crippen LogP contribution in [-0.2, 0) is 6.18 Å². The van der Waals surface area contributed by atoms with E-state index in [0.717, 1.165) is 18.3 Å². The average Bonchev–Trinajstić information content (AvgIpc) is 2.53. The van der Waals surface area contributed by atoms with Crippen LogP contribution in [-0.4, -0.2) is 34.3 Å². The van der Waals surface area contributed by atoms with E-state index in [1.54, 1.807) is 0 Å². The van der Waals surface area contributed by atoms with Gasteiger partial charge in [0.25, 0.3) is 0 Å². The average molecular weight is 349 g/mol. The van der Waals surface area contributed by atoms with Crippen LogP contribution in [0.25, 0.3) is 0 Å². The fourth-order valence-corrected chi connectivity index (χ4v) is 1.63. The van der Waals surface area contributed by atoms with Crippen molar-refractivity contribution in [2.45, 2.75) is 12.3 Å². The smallest absolute Gasteiger partial charge is 0.433 e. The van der Waals surface area contributed by atoms with Gasteiger partial charge < -0.3 is 15.2 Å². The van der Waals surface area contributed by atoms with E-state index in [4.69, 9.17) is 4.74 Å². The molecule has 0 saturated carbocycles. The molecule has 0 radical (unpaired) electrons. The van der Waals surface area contributed by atoms with E-state index in [0.29, 0.717) is 6.07 Å². The van der Waals surface area contributed by atoms with Crippen LogP contribution in [0.15, 0.2) is 30.5 Å². The summed E-state index contributed by atoms with van der Waals surface area (Å²) in [5, 5.41) is 12.1. The van der Waals surface area contributed by atoms with E-state index in [-0.39, 0.29) is 24.8 Å². The first-order chi connectivity index (χ1) is 11.3. The molecule has 5 nitrogen and oxygen atoms in total. The van der Waals surface area contributed by atoms with E-state index in [1.807, 2.05) is 0 Å². The van der Waals surface area contributed by atoms with Crippen molar-refractivity contribution < 1.29 is 31.8 Å². The fraction of sp³-hybridized carbons (Fsp3) is 0.286. The predicted octanol–water partition coefficient (Wildman–Crippen LogP) is 2.63. The van der Waals surface area contributed by atoms with Gasteiger partial charge >= 0.3 is 6.18 Å². The standard InChI is InChI=1S/C14H12F5N3O2/c15-10-2-1-9(5-11(10)16)24-7-8(23)6-21-13-20-4-3-12(22-13)14(17,18)19/h1-5,8,23H,6-7H2,(H,20,21,22)/t8-/m1/s1. The lowest BCUT2D eigenvalue weighted by molar-refractivity contribution is -0.141. The van der Waals surface area contributed by atoms with Crippen molar-refractivity contribution in [1.29, 1.82) is 0 Å². The minimum Gasteiger partial charge on any atom is -0.491 e. The maximum atomic E-state index is 13.0. The molecule has 10 heteroatoms. The topological polar surface area (TPSA) is 67.3 Å². The quantitative estimate of drug-likeness (QED) is 0.785. The highest BCUT2D eigenvalue weighted by molar-refractivity contribution is 5.26. The molecule has 0 aliphatic carbocycles. The van der Waals surface area contributed by atoms with Gasteiger partial charge in [-0.2, -0.15) is 13.2 Å². The number of nitrogens with zero attached hydrogens (tertiary/aromatic N) is 2. The molecule has 0 saturated heterocycles. The summed E-state index contributed by atoms with van der Waals surface area (Å²) in [5.41, 5.74) is -1.12. The minimum absolute atomic E-state index is 0.00303. The van der Waals surface area contributed by atoms with E-state index < -0.39 is 29.6 Å². The number of hydrogen-bond donors (Lipinski definition) is 2. The third kappa shape index (κ3) is 5.01. The van der Waals surface area contributed by atoms with E-state index in [9.17, 15) is 27.1 Å². The maximum absolute atomic E-state index is 13.0. The molecule has 0 spiro atoms. The second kappa shape index (κ2) is 7.39. The van der Waals surface area contributed by atoms with Gasteiger partial charge in [-0.15, -0.1) is 0 Å². The largest absolute Gasteiger partial charge is 0.491 e. The van der Waals surface area contributed by atoms with E-state index in [2.05, 4.69) is 15.3 Å². The molecule has 0 amide bonds.